The number of carbonyl (C=O) groups excluding carboxylic acids is 1. The van der Waals surface area contributed by atoms with E-state index < -0.39 is 6.61 Å². The summed E-state index contributed by atoms with van der Waals surface area (Å²) >= 11 is 0. The number of piperidine rings is 1. The van der Waals surface area contributed by atoms with Crippen LogP contribution >= 0.6 is 12.4 Å². The lowest BCUT2D eigenvalue weighted by Gasteiger charge is -2.28. The Labute approximate surface area is 161 Å². The molecule has 1 aliphatic rings. The quantitative estimate of drug-likeness (QED) is 0.804. The fourth-order valence-electron chi connectivity index (χ4n) is 3.07. The lowest BCUT2D eigenvalue weighted by Crippen LogP contribution is -2.46. The molecule has 0 aliphatic carbocycles. The summed E-state index contributed by atoms with van der Waals surface area (Å²) in [6, 6.07) is 6.46. The van der Waals surface area contributed by atoms with E-state index >= 15 is 0 Å². The van der Waals surface area contributed by atoms with Crippen LogP contribution in [0.15, 0.2) is 24.3 Å². The van der Waals surface area contributed by atoms with Gasteiger partial charge in [0.25, 0.3) is 5.91 Å². The summed E-state index contributed by atoms with van der Waals surface area (Å²) in [5.41, 5.74) is 1.43. The van der Waals surface area contributed by atoms with Crippen molar-refractivity contribution in [1.82, 2.24) is 25.6 Å². The molecule has 2 heterocycles. The number of aromatic nitrogens is 3. The summed E-state index contributed by atoms with van der Waals surface area (Å²) < 4.78 is 30.3. The monoisotopic (exact) mass is 401 g/mol. The van der Waals surface area contributed by atoms with Crippen LogP contribution in [-0.2, 0) is 0 Å². The van der Waals surface area contributed by atoms with E-state index in [1.165, 1.54) is 16.8 Å². The number of rotatable bonds is 5. The van der Waals surface area contributed by atoms with E-state index in [9.17, 15) is 13.6 Å². The molecule has 0 saturated carbocycles. The number of benzene rings is 1. The van der Waals surface area contributed by atoms with Crippen LogP contribution in [0.5, 0.6) is 5.75 Å². The fourth-order valence-corrected chi connectivity index (χ4v) is 3.07. The third kappa shape index (κ3) is 5.14. The number of amides is 1. The normalized spacial score (nSPS) is 19.4. The molecule has 7 nitrogen and oxygen atoms in total. The van der Waals surface area contributed by atoms with Crippen molar-refractivity contribution in [2.45, 2.75) is 45.4 Å². The predicted octanol–water partition coefficient (Wildman–Crippen LogP) is 2.47. The van der Waals surface area contributed by atoms with Crippen LogP contribution < -0.4 is 15.4 Å². The lowest BCUT2D eigenvalue weighted by molar-refractivity contribution is -0.0498. The number of hydrogen-bond acceptors (Lipinski definition) is 5. The van der Waals surface area contributed by atoms with Crippen molar-refractivity contribution >= 4 is 18.3 Å². The molecule has 1 aromatic carbocycles. The van der Waals surface area contributed by atoms with E-state index in [0.717, 1.165) is 19.4 Å². The van der Waals surface area contributed by atoms with E-state index in [4.69, 9.17) is 0 Å². The van der Waals surface area contributed by atoms with Gasteiger partial charge >= 0.3 is 6.61 Å². The zero-order valence-electron chi connectivity index (χ0n) is 15.0. The molecule has 1 aliphatic heterocycles. The molecule has 27 heavy (non-hydrogen) atoms. The molecule has 1 fully saturated rings. The predicted molar refractivity (Wildman–Crippen MR) is 97.9 cm³/mol. The van der Waals surface area contributed by atoms with Crippen molar-refractivity contribution in [2.24, 2.45) is 0 Å². The highest BCUT2D eigenvalue weighted by atomic mass is 35.5. The van der Waals surface area contributed by atoms with Crippen molar-refractivity contribution in [1.29, 1.82) is 0 Å². The van der Waals surface area contributed by atoms with Crippen LogP contribution in [-0.4, -0.2) is 46.1 Å². The van der Waals surface area contributed by atoms with Crippen molar-refractivity contribution in [2.75, 3.05) is 6.54 Å². The second-order valence-corrected chi connectivity index (χ2v) is 6.36. The minimum Gasteiger partial charge on any atom is -0.435 e. The van der Waals surface area contributed by atoms with Gasteiger partial charge in [0.05, 0.1) is 11.4 Å². The first-order valence-electron chi connectivity index (χ1n) is 8.46. The molecular weight excluding hydrogens is 380 g/mol. The van der Waals surface area contributed by atoms with E-state index in [0.29, 0.717) is 17.4 Å². The van der Waals surface area contributed by atoms with Crippen molar-refractivity contribution in [3.8, 4) is 11.4 Å². The Morgan fingerprint density at radius 3 is 2.70 bits per heavy atom. The molecule has 2 N–H and O–H groups in total. The van der Waals surface area contributed by atoms with Gasteiger partial charge in [-0.25, -0.2) is 4.68 Å². The minimum absolute atomic E-state index is 0. The Kier molecular flexibility index (Phi) is 7.09. The van der Waals surface area contributed by atoms with Crippen LogP contribution in [0.4, 0.5) is 8.78 Å². The number of hydrogen-bond donors (Lipinski definition) is 2. The highest BCUT2D eigenvalue weighted by Gasteiger charge is 2.23. The van der Waals surface area contributed by atoms with Gasteiger partial charge in [0.15, 0.2) is 5.69 Å². The van der Waals surface area contributed by atoms with Gasteiger partial charge < -0.3 is 15.4 Å². The number of nitrogens with zero attached hydrogens (tertiary/aromatic N) is 3. The fraction of sp³-hybridized carbons (Fsp3) is 0.471. The standard InChI is InChI=1S/C17H21F2N5O2.ClH/c1-10-9-12(7-8-20-10)21-16(25)15-11(2)24(23-22-15)13-3-5-14(6-4-13)26-17(18)19;/h3-6,10,12,17,20H,7-9H2,1-2H3,(H,21,25);1H. The summed E-state index contributed by atoms with van der Waals surface area (Å²) in [5, 5.41) is 14.3. The highest BCUT2D eigenvalue weighted by molar-refractivity contribution is 5.93. The molecule has 2 unspecified atom stereocenters. The summed E-state index contributed by atoms with van der Waals surface area (Å²) in [5.74, 6) is -0.204. The second-order valence-electron chi connectivity index (χ2n) is 6.36. The average molecular weight is 402 g/mol. The molecular formula is C17H22ClF2N5O2. The van der Waals surface area contributed by atoms with E-state index in [1.807, 2.05) is 0 Å². The third-order valence-corrected chi connectivity index (χ3v) is 4.37. The Balaban J connectivity index is 0.00000261. The number of nitrogens with one attached hydrogen (secondary N) is 2. The average Bonchev–Trinajstić information content (AvgIpc) is 2.97. The maximum Gasteiger partial charge on any atom is 0.387 e. The topological polar surface area (TPSA) is 81.1 Å². The smallest absolute Gasteiger partial charge is 0.387 e. The minimum atomic E-state index is -2.87. The molecule has 10 heteroatoms. The molecule has 3 rings (SSSR count). The number of ether oxygens (including phenoxy) is 1. The third-order valence-electron chi connectivity index (χ3n) is 4.37. The van der Waals surface area contributed by atoms with Crippen LogP contribution in [0.25, 0.3) is 5.69 Å². The molecule has 148 valence electrons. The largest absolute Gasteiger partial charge is 0.435 e. The first kappa shape index (κ1) is 21.0. The van der Waals surface area contributed by atoms with Gasteiger partial charge in [0.1, 0.15) is 5.75 Å². The first-order chi connectivity index (χ1) is 12.4. The summed E-state index contributed by atoms with van der Waals surface area (Å²) in [6.07, 6.45) is 1.74. The molecule has 0 bridgehead atoms. The number of halogens is 3. The molecule has 2 atom stereocenters. The Bertz CT molecular complexity index is 769. The van der Waals surface area contributed by atoms with Gasteiger partial charge in [-0.15, -0.1) is 17.5 Å². The summed E-state index contributed by atoms with van der Waals surface area (Å²) in [4.78, 5) is 12.5. The van der Waals surface area contributed by atoms with Crippen molar-refractivity contribution in [3.63, 3.8) is 0 Å². The summed E-state index contributed by atoms with van der Waals surface area (Å²) in [6.45, 7) is 1.82. The molecule has 1 saturated heterocycles. The Morgan fingerprint density at radius 2 is 2.07 bits per heavy atom. The Hall–Kier alpha value is -2.26. The molecule has 0 radical (unpaired) electrons. The highest BCUT2D eigenvalue weighted by Crippen LogP contribution is 2.19. The second kappa shape index (κ2) is 9.09. The van der Waals surface area contributed by atoms with E-state index in [2.05, 4.69) is 32.6 Å². The van der Waals surface area contributed by atoms with Crippen LogP contribution in [0.2, 0.25) is 0 Å². The summed E-state index contributed by atoms with van der Waals surface area (Å²) in [7, 11) is 0. The van der Waals surface area contributed by atoms with Crippen LogP contribution in [0, 0.1) is 6.92 Å². The first-order valence-corrected chi connectivity index (χ1v) is 8.46. The zero-order chi connectivity index (χ0) is 18.7. The molecule has 0 spiro atoms. The van der Waals surface area contributed by atoms with E-state index in [1.54, 1.807) is 19.1 Å². The molecule has 1 aromatic heterocycles. The van der Waals surface area contributed by atoms with Gasteiger partial charge in [-0.1, -0.05) is 5.21 Å². The van der Waals surface area contributed by atoms with Crippen LogP contribution in [0.3, 0.4) is 0 Å². The van der Waals surface area contributed by atoms with Gasteiger partial charge in [-0.05, 0) is 57.5 Å². The van der Waals surface area contributed by atoms with Gasteiger partial charge in [0.2, 0.25) is 0 Å². The molecule has 2 aromatic rings. The number of carbonyl (C=O) groups is 1. The van der Waals surface area contributed by atoms with E-state index in [-0.39, 0.29) is 35.8 Å². The van der Waals surface area contributed by atoms with Gasteiger partial charge in [0, 0.05) is 12.1 Å². The van der Waals surface area contributed by atoms with Crippen molar-refractivity contribution < 1.29 is 18.3 Å². The lowest BCUT2D eigenvalue weighted by atomic mass is 10.0. The van der Waals surface area contributed by atoms with Gasteiger partial charge in [-0.2, -0.15) is 8.78 Å². The zero-order valence-corrected chi connectivity index (χ0v) is 15.8. The van der Waals surface area contributed by atoms with Gasteiger partial charge in [-0.3, -0.25) is 4.79 Å². The SMILES string of the molecule is Cc1c(C(=O)NC2CCNC(C)C2)nnn1-c1ccc(OC(F)F)cc1.Cl. The Morgan fingerprint density at radius 1 is 1.37 bits per heavy atom. The maximum absolute atomic E-state index is 12.5. The maximum atomic E-state index is 12.5. The number of alkyl halides is 2. The molecule has 1 amide bonds. The van der Waals surface area contributed by atoms with Crippen LogP contribution in [0.1, 0.15) is 35.9 Å². The van der Waals surface area contributed by atoms with Crippen molar-refractivity contribution in [3.05, 3.63) is 35.7 Å².